The zero-order chi connectivity index (χ0) is 25.3. The number of aryl methyl sites for hydroxylation is 2. The van der Waals surface area contributed by atoms with E-state index in [1.54, 1.807) is 11.8 Å². The topological polar surface area (TPSA) is 76.0 Å². The molecule has 1 saturated carbocycles. The molecule has 1 aromatic carbocycles. The van der Waals surface area contributed by atoms with E-state index >= 15 is 0 Å². The Balaban J connectivity index is 1.76. The number of hydrogen-bond acceptors (Lipinski definition) is 5. The van der Waals surface area contributed by atoms with Gasteiger partial charge in [-0.1, -0.05) is 31.8 Å². The van der Waals surface area contributed by atoms with Crippen LogP contribution >= 0.6 is 0 Å². The van der Waals surface area contributed by atoms with Crippen LogP contribution in [0.4, 0.5) is 0 Å². The molecule has 1 amide bonds. The van der Waals surface area contributed by atoms with E-state index in [1.807, 2.05) is 46.8 Å². The van der Waals surface area contributed by atoms with Crippen LogP contribution in [0, 0.1) is 36.5 Å². The number of carbonyl (C=O) groups is 3. The SMILES string of the molecule is CC#Cc1cc(C)c(C2C(=O)CC3(CCN(C(=O)/C(=N\OC)C(C)(C)C)CC3)CC2=O)c(C)c1. The van der Waals surface area contributed by atoms with E-state index in [0.29, 0.717) is 44.5 Å². The second-order valence-corrected chi connectivity index (χ2v) is 10.8. The number of oxime groups is 1. The van der Waals surface area contributed by atoms with Crippen molar-refractivity contribution >= 4 is 23.2 Å². The van der Waals surface area contributed by atoms with Crippen LogP contribution in [0.2, 0.25) is 0 Å². The first kappa shape index (κ1) is 25.7. The Morgan fingerprint density at radius 2 is 1.62 bits per heavy atom. The number of piperidine rings is 1. The van der Waals surface area contributed by atoms with Crippen molar-refractivity contribution in [1.82, 2.24) is 4.90 Å². The molecular formula is C28H36N2O4. The van der Waals surface area contributed by atoms with Crippen LogP contribution in [0.5, 0.6) is 0 Å². The minimum Gasteiger partial charge on any atom is -0.399 e. The van der Waals surface area contributed by atoms with E-state index in [9.17, 15) is 14.4 Å². The predicted octanol–water partition coefficient (Wildman–Crippen LogP) is 4.35. The lowest BCUT2D eigenvalue weighted by Gasteiger charge is -2.45. The number of hydrogen-bond donors (Lipinski definition) is 0. The molecule has 34 heavy (non-hydrogen) atoms. The Morgan fingerprint density at radius 1 is 1.09 bits per heavy atom. The number of Topliss-reactive ketones (excluding diaryl/α,β-unsaturated/α-hetero) is 2. The van der Waals surface area contributed by atoms with Gasteiger partial charge in [-0.25, -0.2) is 0 Å². The monoisotopic (exact) mass is 464 g/mol. The summed E-state index contributed by atoms with van der Waals surface area (Å²) in [5.74, 6) is 5.11. The van der Waals surface area contributed by atoms with Crippen molar-refractivity contribution < 1.29 is 19.2 Å². The number of benzene rings is 1. The average molecular weight is 465 g/mol. The van der Waals surface area contributed by atoms with Crippen molar-refractivity contribution in [3.63, 3.8) is 0 Å². The maximum atomic E-state index is 13.4. The lowest BCUT2D eigenvalue weighted by molar-refractivity contribution is -0.139. The van der Waals surface area contributed by atoms with Gasteiger partial charge in [0.05, 0.1) is 0 Å². The second-order valence-electron chi connectivity index (χ2n) is 10.8. The first-order chi connectivity index (χ1) is 15.9. The molecule has 6 heteroatoms. The van der Waals surface area contributed by atoms with Gasteiger partial charge in [0.2, 0.25) is 0 Å². The summed E-state index contributed by atoms with van der Waals surface area (Å²) < 4.78 is 0. The molecule has 3 rings (SSSR count). The highest BCUT2D eigenvalue weighted by atomic mass is 16.6. The smallest absolute Gasteiger partial charge is 0.272 e. The number of amides is 1. The van der Waals surface area contributed by atoms with Crippen LogP contribution in [0.3, 0.4) is 0 Å². The summed E-state index contributed by atoms with van der Waals surface area (Å²) in [4.78, 5) is 46.5. The van der Waals surface area contributed by atoms with Crippen molar-refractivity contribution in [3.8, 4) is 11.8 Å². The Morgan fingerprint density at radius 3 is 2.06 bits per heavy atom. The van der Waals surface area contributed by atoms with Gasteiger partial charge in [-0.2, -0.15) is 0 Å². The lowest BCUT2D eigenvalue weighted by atomic mass is 9.62. The Labute approximate surface area is 203 Å². The molecule has 1 aliphatic heterocycles. The Hall–Kier alpha value is -2.94. The third-order valence-corrected chi connectivity index (χ3v) is 7.10. The fourth-order valence-corrected chi connectivity index (χ4v) is 5.43. The van der Waals surface area contributed by atoms with Gasteiger partial charge in [0.25, 0.3) is 5.91 Å². The summed E-state index contributed by atoms with van der Waals surface area (Å²) in [5, 5.41) is 3.99. The van der Waals surface area contributed by atoms with E-state index in [2.05, 4.69) is 17.0 Å². The van der Waals surface area contributed by atoms with Gasteiger partial charge in [0.1, 0.15) is 30.3 Å². The highest BCUT2D eigenvalue weighted by Crippen LogP contribution is 2.46. The predicted molar refractivity (Wildman–Crippen MR) is 133 cm³/mol. The number of likely N-dealkylation sites (tertiary alicyclic amines) is 1. The van der Waals surface area contributed by atoms with Gasteiger partial charge in [-0.15, -0.1) is 5.92 Å². The number of ketones is 2. The molecule has 0 aromatic heterocycles. The van der Waals surface area contributed by atoms with E-state index in [-0.39, 0.29) is 22.9 Å². The molecule has 0 radical (unpaired) electrons. The summed E-state index contributed by atoms with van der Waals surface area (Å²) in [5.41, 5.74) is 3.18. The number of carbonyl (C=O) groups excluding carboxylic acids is 3. The molecule has 1 aromatic rings. The fourth-order valence-electron chi connectivity index (χ4n) is 5.43. The van der Waals surface area contributed by atoms with Crippen LogP contribution in [-0.2, 0) is 19.2 Å². The van der Waals surface area contributed by atoms with Crippen LogP contribution in [0.1, 0.15) is 81.5 Å². The Bertz CT molecular complexity index is 1050. The average Bonchev–Trinajstić information content (AvgIpc) is 2.73. The number of rotatable bonds is 3. The summed E-state index contributed by atoms with van der Waals surface area (Å²) in [6, 6.07) is 3.92. The molecule has 0 N–H and O–H groups in total. The third kappa shape index (κ3) is 5.09. The van der Waals surface area contributed by atoms with Crippen molar-refractivity contribution in [2.24, 2.45) is 16.0 Å². The highest BCUT2D eigenvalue weighted by molar-refractivity contribution is 6.40. The second kappa shape index (κ2) is 9.74. The molecule has 1 saturated heterocycles. The quantitative estimate of drug-likeness (QED) is 0.288. The maximum Gasteiger partial charge on any atom is 0.272 e. The minimum atomic E-state index is -0.699. The molecule has 2 aliphatic rings. The molecule has 1 aliphatic carbocycles. The van der Waals surface area contributed by atoms with Gasteiger partial charge in [-0.05, 0) is 67.9 Å². The van der Waals surface area contributed by atoms with E-state index in [0.717, 1.165) is 22.3 Å². The van der Waals surface area contributed by atoms with Crippen LogP contribution in [-0.4, -0.2) is 48.3 Å². The zero-order valence-corrected chi connectivity index (χ0v) is 21.5. The molecule has 182 valence electrons. The van der Waals surface area contributed by atoms with Crippen LogP contribution in [0.15, 0.2) is 17.3 Å². The first-order valence-corrected chi connectivity index (χ1v) is 11.9. The fraction of sp³-hybridized carbons (Fsp3) is 0.571. The summed E-state index contributed by atoms with van der Waals surface area (Å²) >= 11 is 0. The van der Waals surface area contributed by atoms with Gasteiger partial charge in [0.15, 0.2) is 0 Å². The van der Waals surface area contributed by atoms with E-state index < -0.39 is 11.3 Å². The molecule has 6 nitrogen and oxygen atoms in total. The standard InChI is InChI=1S/C28H36N2O4/c1-8-9-20-14-18(2)23(19(3)15-20)24-21(31)16-28(17-22(24)32)10-12-30(13-11-28)26(33)25(29-34-7)27(4,5)6/h14-15,24H,10-13,16-17H2,1-7H3/b29-25+. The molecular weight excluding hydrogens is 428 g/mol. The molecule has 1 spiro atoms. The summed E-state index contributed by atoms with van der Waals surface area (Å²) in [7, 11) is 1.44. The Kier molecular flexibility index (Phi) is 7.35. The van der Waals surface area contributed by atoms with Crippen molar-refractivity contribution in [2.45, 2.75) is 73.1 Å². The van der Waals surface area contributed by atoms with Crippen LogP contribution in [0.25, 0.3) is 0 Å². The van der Waals surface area contributed by atoms with Gasteiger partial charge >= 0.3 is 0 Å². The van der Waals surface area contributed by atoms with Gasteiger partial charge < -0.3 is 9.74 Å². The van der Waals surface area contributed by atoms with Gasteiger partial charge in [0, 0.05) is 36.9 Å². The summed E-state index contributed by atoms with van der Waals surface area (Å²) in [6.07, 6.45) is 2.02. The lowest BCUT2D eigenvalue weighted by Crippen LogP contribution is -2.51. The van der Waals surface area contributed by atoms with Gasteiger partial charge in [-0.3, -0.25) is 14.4 Å². The molecule has 0 bridgehead atoms. The molecule has 1 heterocycles. The van der Waals surface area contributed by atoms with Crippen molar-refractivity contribution in [2.75, 3.05) is 20.2 Å². The molecule has 0 unspecified atom stereocenters. The highest BCUT2D eigenvalue weighted by Gasteiger charge is 2.48. The first-order valence-electron chi connectivity index (χ1n) is 11.9. The largest absolute Gasteiger partial charge is 0.399 e. The maximum absolute atomic E-state index is 13.4. The zero-order valence-electron chi connectivity index (χ0n) is 21.5. The summed E-state index contributed by atoms with van der Waals surface area (Å²) in [6.45, 7) is 12.5. The molecule has 2 fully saturated rings. The minimum absolute atomic E-state index is 0.00659. The van der Waals surface area contributed by atoms with E-state index in [4.69, 9.17) is 4.84 Å². The number of nitrogens with zero attached hydrogens (tertiary/aromatic N) is 2. The van der Waals surface area contributed by atoms with Crippen molar-refractivity contribution in [3.05, 3.63) is 34.4 Å². The van der Waals surface area contributed by atoms with Crippen LogP contribution < -0.4 is 0 Å². The normalized spacial score (nSPS) is 19.1. The molecule has 0 atom stereocenters. The van der Waals surface area contributed by atoms with Crippen molar-refractivity contribution in [1.29, 1.82) is 0 Å². The van der Waals surface area contributed by atoms with E-state index in [1.165, 1.54) is 7.11 Å². The third-order valence-electron chi connectivity index (χ3n) is 7.10.